The fourth-order valence-electron chi connectivity index (χ4n) is 3.46. The molecule has 0 bridgehead atoms. The Morgan fingerprint density at radius 1 is 0.960 bits per heavy atom. The number of sulfone groups is 1. The number of quaternary nitrogens is 1. The van der Waals surface area contributed by atoms with Gasteiger partial charge in [0, 0.05) is 5.56 Å². The Hall–Kier alpha value is -1.40. The van der Waals surface area contributed by atoms with Crippen molar-refractivity contribution < 1.29 is 30.8 Å². The molecule has 0 aliphatic carbocycles. The first-order valence-corrected chi connectivity index (χ1v) is 9.86. The van der Waals surface area contributed by atoms with Crippen LogP contribution in [0.4, 0.5) is 0 Å². The van der Waals surface area contributed by atoms with Gasteiger partial charge in [-0.3, -0.25) is 0 Å². The van der Waals surface area contributed by atoms with Crippen molar-refractivity contribution in [2.45, 2.75) is 29.1 Å². The number of nitrogens with one attached hydrogen (secondary N) is 1. The summed E-state index contributed by atoms with van der Waals surface area (Å²) < 4.78 is 26.6. The van der Waals surface area contributed by atoms with E-state index in [1.165, 1.54) is 4.90 Å². The van der Waals surface area contributed by atoms with Gasteiger partial charge in [0.05, 0.1) is 30.8 Å². The highest BCUT2D eigenvalue weighted by Gasteiger charge is 2.37. The second-order valence-electron chi connectivity index (χ2n) is 6.70. The topological polar surface area (TPSA) is 58.8 Å². The molecular weight excluding hydrogens is 358 g/mol. The quantitative estimate of drug-likeness (QED) is 0.679. The van der Waals surface area contributed by atoms with Gasteiger partial charge in [0.25, 0.3) is 0 Å². The van der Waals surface area contributed by atoms with E-state index in [9.17, 15) is 13.5 Å². The van der Waals surface area contributed by atoms with E-state index in [0.717, 1.165) is 18.5 Å². The van der Waals surface area contributed by atoms with Crippen LogP contribution in [0.3, 0.4) is 0 Å². The lowest BCUT2D eigenvalue weighted by Crippen LogP contribution is -3.05. The average Bonchev–Trinajstić information content (AvgIpc) is 2.63. The molecule has 2 aromatic rings. The number of aliphatic hydroxyl groups excluding tert-OH is 1. The first-order valence-electron chi connectivity index (χ1n) is 8.31. The zero-order chi connectivity index (χ0) is 17.3. The highest BCUT2D eigenvalue weighted by atomic mass is 35.5. The molecule has 2 aromatic carbocycles. The van der Waals surface area contributed by atoms with Gasteiger partial charge in [-0.05, 0) is 30.0 Å². The van der Waals surface area contributed by atoms with E-state index < -0.39 is 21.2 Å². The lowest BCUT2D eigenvalue weighted by Gasteiger charge is -2.19. The molecule has 0 saturated carbocycles. The molecule has 4 nitrogen and oxygen atoms in total. The van der Waals surface area contributed by atoms with Gasteiger partial charge >= 0.3 is 0 Å². The van der Waals surface area contributed by atoms with Crippen LogP contribution in [-0.2, 0) is 9.84 Å². The molecule has 3 rings (SSSR count). The SMILES string of the molecule is C[NH+](C)CCCC1c2ccccc2C(O)c2ccccc2S1(=O)=O.[Cl-]. The zero-order valence-corrected chi connectivity index (χ0v) is 16.0. The van der Waals surface area contributed by atoms with Gasteiger partial charge in [0.15, 0.2) is 9.84 Å². The van der Waals surface area contributed by atoms with Crippen LogP contribution in [0.5, 0.6) is 0 Å². The molecule has 1 aliphatic rings. The van der Waals surface area contributed by atoms with E-state index in [1.807, 2.05) is 24.3 Å². The van der Waals surface area contributed by atoms with E-state index in [2.05, 4.69) is 14.1 Å². The van der Waals surface area contributed by atoms with Gasteiger partial charge in [0.2, 0.25) is 0 Å². The number of fused-ring (bicyclic) bond motifs is 2. The summed E-state index contributed by atoms with van der Waals surface area (Å²) in [6.45, 7) is 0.915. The van der Waals surface area contributed by atoms with Crippen LogP contribution in [0, 0.1) is 0 Å². The molecule has 2 atom stereocenters. The largest absolute Gasteiger partial charge is 1.00 e. The summed E-state index contributed by atoms with van der Waals surface area (Å²) in [7, 11) is 0.595. The van der Waals surface area contributed by atoms with Crippen LogP contribution in [0.15, 0.2) is 53.4 Å². The fourth-order valence-corrected chi connectivity index (χ4v) is 5.57. The van der Waals surface area contributed by atoms with Gasteiger partial charge < -0.3 is 22.4 Å². The van der Waals surface area contributed by atoms with Crippen LogP contribution in [0.2, 0.25) is 0 Å². The first kappa shape index (κ1) is 19.9. The lowest BCUT2D eigenvalue weighted by atomic mass is 9.94. The number of hydrogen-bond donors (Lipinski definition) is 2. The predicted molar refractivity (Wildman–Crippen MR) is 93.8 cm³/mol. The van der Waals surface area contributed by atoms with Crippen LogP contribution in [0.25, 0.3) is 0 Å². The van der Waals surface area contributed by atoms with Crippen molar-refractivity contribution in [2.75, 3.05) is 20.6 Å². The number of benzene rings is 2. The molecule has 0 amide bonds. The van der Waals surface area contributed by atoms with Crippen molar-refractivity contribution in [3.05, 3.63) is 65.2 Å². The maximum atomic E-state index is 13.3. The summed E-state index contributed by atoms with van der Waals surface area (Å²) >= 11 is 0. The minimum absolute atomic E-state index is 0. The molecule has 2 unspecified atom stereocenters. The van der Waals surface area contributed by atoms with Gasteiger partial charge in [-0.1, -0.05) is 42.5 Å². The van der Waals surface area contributed by atoms with Crippen molar-refractivity contribution in [2.24, 2.45) is 0 Å². The fraction of sp³-hybridized carbons (Fsp3) is 0.368. The molecule has 0 spiro atoms. The highest BCUT2D eigenvalue weighted by Crippen LogP contribution is 2.43. The number of aliphatic hydroxyl groups is 1. The summed E-state index contributed by atoms with van der Waals surface area (Å²) in [5.74, 6) is 0. The molecule has 25 heavy (non-hydrogen) atoms. The van der Waals surface area contributed by atoms with Gasteiger partial charge in [-0.2, -0.15) is 0 Å². The molecule has 0 fully saturated rings. The lowest BCUT2D eigenvalue weighted by molar-refractivity contribution is -0.858. The third-order valence-electron chi connectivity index (χ3n) is 4.68. The molecule has 0 radical (unpaired) electrons. The summed E-state index contributed by atoms with van der Waals surface area (Å²) in [5, 5.41) is 10.2. The Morgan fingerprint density at radius 2 is 1.52 bits per heavy atom. The maximum absolute atomic E-state index is 13.3. The average molecular weight is 382 g/mol. The van der Waals surface area contributed by atoms with Crippen molar-refractivity contribution in [3.8, 4) is 0 Å². The Morgan fingerprint density at radius 3 is 2.16 bits per heavy atom. The Bertz CT molecular complexity index is 836. The van der Waals surface area contributed by atoms with E-state index in [4.69, 9.17) is 0 Å². The van der Waals surface area contributed by atoms with Crippen molar-refractivity contribution >= 4 is 9.84 Å². The third kappa shape index (κ3) is 3.75. The predicted octanol–water partition coefficient (Wildman–Crippen LogP) is -1.47. The normalized spacial score (nSPS) is 21.0. The molecule has 1 heterocycles. The molecule has 0 aromatic heterocycles. The number of halogens is 1. The smallest absolute Gasteiger partial charge is 0.185 e. The molecule has 136 valence electrons. The van der Waals surface area contributed by atoms with E-state index in [1.54, 1.807) is 24.3 Å². The molecule has 2 N–H and O–H groups in total. The Kier molecular flexibility index (Phi) is 6.27. The second-order valence-corrected chi connectivity index (χ2v) is 8.80. The summed E-state index contributed by atoms with van der Waals surface area (Å²) in [5.41, 5.74) is 1.91. The zero-order valence-electron chi connectivity index (χ0n) is 14.4. The molecule has 6 heteroatoms. The molecule has 1 aliphatic heterocycles. The van der Waals surface area contributed by atoms with Gasteiger partial charge in [-0.15, -0.1) is 0 Å². The molecule has 0 saturated heterocycles. The van der Waals surface area contributed by atoms with E-state index in [-0.39, 0.29) is 17.3 Å². The first-order chi connectivity index (χ1) is 11.4. The van der Waals surface area contributed by atoms with E-state index in [0.29, 0.717) is 17.5 Å². The number of rotatable bonds is 4. The number of hydrogen-bond acceptors (Lipinski definition) is 3. The van der Waals surface area contributed by atoms with Crippen molar-refractivity contribution in [1.82, 2.24) is 0 Å². The summed E-state index contributed by atoms with van der Waals surface area (Å²) in [6.07, 6.45) is 0.473. The van der Waals surface area contributed by atoms with Gasteiger partial charge in [-0.25, -0.2) is 8.42 Å². The minimum Gasteiger partial charge on any atom is -1.00 e. The van der Waals surface area contributed by atoms with Crippen LogP contribution in [0.1, 0.15) is 40.9 Å². The van der Waals surface area contributed by atoms with E-state index >= 15 is 0 Å². The van der Waals surface area contributed by atoms with Crippen LogP contribution < -0.4 is 17.3 Å². The van der Waals surface area contributed by atoms with Crippen molar-refractivity contribution in [3.63, 3.8) is 0 Å². The van der Waals surface area contributed by atoms with Gasteiger partial charge in [0.1, 0.15) is 6.10 Å². The minimum atomic E-state index is -3.53. The monoisotopic (exact) mass is 381 g/mol. The highest BCUT2D eigenvalue weighted by molar-refractivity contribution is 7.91. The third-order valence-corrected chi connectivity index (χ3v) is 6.90. The summed E-state index contributed by atoms with van der Waals surface area (Å²) in [4.78, 5) is 1.56. The summed E-state index contributed by atoms with van der Waals surface area (Å²) in [6, 6.07) is 14.2. The van der Waals surface area contributed by atoms with Crippen LogP contribution in [-0.4, -0.2) is 34.2 Å². The standard InChI is InChI=1S/C19H23NO3S.ClH/c1-20(2)13-7-12-17-14-8-3-4-9-15(14)19(21)16-10-5-6-11-18(16)24(17,22)23;/h3-6,8-11,17,19,21H,7,12-13H2,1-2H3;1H. The Labute approximate surface area is 155 Å². The maximum Gasteiger partial charge on any atom is 0.185 e. The Balaban J connectivity index is 0.00000225. The van der Waals surface area contributed by atoms with Crippen molar-refractivity contribution in [1.29, 1.82) is 0 Å². The molecular formula is C19H24ClNO3S. The van der Waals surface area contributed by atoms with Crippen LogP contribution >= 0.6 is 0 Å². The second kappa shape index (κ2) is 7.87.